The molecule has 3 heteroatoms. The molecule has 1 aliphatic rings. The molecule has 0 spiro atoms. The first kappa shape index (κ1) is 12.3. The van der Waals surface area contributed by atoms with Crippen molar-refractivity contribution >= 4 is 5.69 Å². The minimum absolute atomic E-state index is 0.136. The van der Waals surface area contributed by atoms with Gasteiger partial charge in [-0.05, 0) is 43.5 Å². The molecule has 1 aliphatic heterocycles. The summed E-state index contributed by atoms with van der Waals surface area (Å²) >= 11 is 0. The summed E-state index contributed by atoms with van der Waals surface area (Å²) in [4.78, 5) is 2.39. The highest BCUT2D eigenvalue weighted by Crippen LogP contribution is 2.34. The summed E-state index contributed by atoms with van der Waals surface area (Å²) in [5.74, 6) is 0.955. The summed E-state index contributed by atoms with van der Waals surface area (Å²) in [5, 5.41) is 0. The molecule has 0 radical (unpaired) electrons. The van der Waals surface area contributed by atoms with Crippen molar-refractivity contribution < 1.29 is 4.42 Å². The third-order valence-electron chi connectivity index (χ3n) is 3.86. The largest absolute Gasteiger partial charge is 0.467 e. The van der Waals surface area contributed by atoms with E-state index >= 15 is 0 Å². The highest BCUT2D eigenvalue weighted by molar-refractivity contribution is 5.58. The van der Waals surface area contributed by atoms with Crippen molar-refractivity contribution in [2.75, 3.05) is 18.0 Å². The third kappa shape index (κ3) is 2.26. The van der Waals surface area contributed by atoms with Gasteiger partial charge in [-0.3, -0.25) is 0 Å². The summed E-state index contributed by atoms with van der Waals surface area (Å²) in [6.07, 6.45) is 4.05. The standard InChI is InChI=1S/C16H20N2O/c1-12-6-7-14-13(10-12)4-2-8-18(14)15(11-17)16-5-3-9-19-16/h3,5-7,9-10,15H,2,4,8,11,17H2,1H3. The Morgan fingerprint density at radius 3 is 3.00 bits per heavy atom. The Morgan fingerprint density at radius 2 is 2.26 bits per heavy atom. The maximum atomic E-state index is 5.98. The molecule has 0 saturated carbocycles. The van der Waals surface area contributed by atoms with Gasteiger partial charge < -0.3 is 15.1 Å². The van der Waals surface area contributed by atoms with Crippen LogP contribution in [0.15, 0.2) is 41.0 Å². The second-order valence-corrected chi connectivity index (χ2v) is 5.20. The fraction of sp³-hybridized carbons (Fsp3) is 0.375. The Balaban J connectivity index is 1.98. The molecule has 100 valence electrons. The number of anilines is 1. The molecule has 0 amide bonds. The van der Waals surface area contributed by atoms with Gasteiger partial charge in [0.1, 0.15) is 5.76 Å². The zero-order valence-electron chi connectivity index (χ0n) is 11.3. The van der Waals surface area contributed by atoms with Crippen LogP contribution in [-0.4, -0.2) is 13.1 Å². The lowest BCUT2D eigenvalue weighted by Gasteiger charge is -2.36. The number of furan rings is 1. The van der Waals surface area contributed by atoms with Gasteiger partial charge in [-0.1, -0.05) is 17.7 Å². The number of benzene rings is 1. The average molecular weight is 256 g/mol. The lowest BCUT2D eigenvalue weighted by Crippen LogP contribution is -2.37. The van der Waals surface area contributed by atoms with Crippen LogP contribution in [-0.2, 0) is 6.42 Å². The van der Waals surface area contributed by atoms with Gasteiger partial charge in [0.15, 0.2) is 0 Å². The second kappa shape index (κ2) is 5.10. The van der Waals surface area contributed by atoms with Crippen molar-refractivity contribution in [3.8, 4) is 0 Å². The average Bonchev–Trinajstić information content (AvgIpc) is 2.93. The number of hydrogen-bond acceptors (Lipinski definition) is 3. The fourth-order valence-corrected chi connectivity index (χ4v) is 2.96. The number of nitrogens with two attached hydrogens (primary N) is 1. The Hall–Kier alpha value is -1.74. The zero-order chi connectivity index (χ0) is 13.2. The third-order valence-corrected chi connectivity index (χ3v) is 3.86. The molecule has 2 aromatic rings. The highest BCUT2D eigenvalue weighted by Gasteiger charge is 2.26. The van der Waals surface area contributed by atoms with Crippen molar-refractivity contribution in [3.63, 3.8) is 0 Å². The molecule has 1 atom stereocenters. The number of fused-ring (bicyclic) bond motifs is 1. The molecule has 2 N–H and O–H groups in total. The van der Waals surface area contributed by atoms with Gasteiger partial charge in [0.2, 0.25) is 0 Å². The first-order chi connectivity index (χ1) is 9.29. The van der Waals surface area contributed by atoms with E-state index in [1.54, 1.807) is 6.26 Å². The van der Waals surface area contributed by atoms with E-state index in [-0.39, 0.29) is 6.04 Å². The first-order valence-corrected chi connectivity index (χ1v) is 6.89. The molecule has 0 fully saturated rings. The van der Waals surface area contributed by atoms with Crippen LogP contribution in [0.1, 0.15) is 29.3 Å². The molecule has 0 aliphatic carbocycles. The molecule has 1 unspecified atom stereocenters. The maximum Gasteiger partial charge on any atom is 0.127 e. The molecule has 1 aromatic carbocycles. The Morgan fingerprint density at radius 1 is 1.37 bits per heavy atom. The van der Waals surface area contributed by atoms with Crippen LogP contribution in [0.4, 0.5) is 5.69 Å². The number of hydrogen-bond donors (Lipinski definition) is 1. The maximum absolute atomic E-state index is 5.98. The van der Waals surface area contributed by atoms with Gasteiger partial charge >= 0.3 is 0 Å². The Kier molecular flexibility index (Phi) is 3.30. The molecule has 19 heavy (non-hydrogen) atoms. The first-order valence-electron chi connectivity index (χ1n) is 6.89. The zero-order valence-corrected chi connectivity index (χ0v) is 11.3. The van der Waals surface area contributed by atoms with Gasteiger partial charge in [0.05, 0.1) is 12.3 Å². The summed E-state index contributed by atoms with van der Waals surface area (Å²) < 4.78 is 5.56. The van der Waals surface area contributed by atoms with Crippen LogP contribution in [0, 0.1) is 6.92 Å². The number of rotatable bonds is 3. The number of nitrogens with zero attached hydrogens (tertiary/aromatic N) is 1. The van der Waals surface area contributed by atoms with Gasteiger partial charge in [0.25, 0.3) is 0 Å². The monoisotopic (exact) mass is 256 g/mol. The topological polar surface area (TPSA) is 42.4 Å². The van der Waals surface area contributed by atoms with E-state index < -0.39 is 0 Å². The minimum atomic E-state index is 0.136. The van der Waals surface area contributed by atoms with Crippen molar-refractivity contribution in [1.82, 2.24) is 0 Å². The highest BCUT2D eigenvalue weighted by atomic mass is 16.3. The summed E-state index contributed by atoms with van der Waals surface area (Å²) in [7, 11) is 0. The lowest BCUT2D eigenvalue weighted by molar-refractivity contribution is 0.444. The van der Waals surface area contributed by atoms with E-state index in [0.717, 1.165) is 18.7 Å². The molecule has 2 heterocycles. The predicted molar refractivity (Wildman–Crippen MR) is 77.3 cm³/mol. The van der Waals surface area contributed by atoms with Crippen LogP contribution in [0.2, 0.25) is 0 Å². The molecule has 0 bridgehead atoms. The lowest BCUT2D eigenvalue weighted by atomic mass is 9.97. The van der Waals surface area contributed by atoms with E-state index in [0.29, 0.717) is 6.54 Å². The van der Waals surface area contributed by atoms with Gasteiger partial charge in [-0.2, -0.15) is 0 Å². The van der Waals surface area contributed by atoms with Crippen LogP contribution in [0.25, 0.3) is 0 Å². The van der Waals surface area contributed by atoms with Gasteiger partial charge in [-0.15, -0.1) is 0 Å². The van der Waals surface area contributed by atoms with Crippen molar-refractivity contribution in [2.45, 2.75) is 25.8 Å². The molecule has 3 nitrogen and oxygen atoms in total. The van der Waals surface area contributed by atoms with Gasteiger partial charge in [0, 0.05) is 18.8 Å². The SMILES string of the molecule is Cc1ccc2c(c1)CCCN2C(CN)c1ccco1. The van der Waals surface area contributed by atoms with Crippen molar-refractivity contribution in [1.29, 1.82) is 0 Å². The molecule has 0 saturated heterocycles. The van der Waals surface area contributed by atoms with Crippen LogP contribution in [0.5, 0.6) is 0 Å². The second-order valence-electron chi connectivity index (χ2n) is 5.20. The predicted octanol–water partition coefficient (Wildman–Crippen LogP) is 3.04. The summed E-state index contributed by atoms with van der Waals surface area (Å²) in [6, 6.07) is 10.8. The quantitative estimate of drug-likeness (QED) is 0.917. The van der Waals surface area contributed by atoms with E-state index in [1.807, 2.05) is 12.1 Å². The molecule has 1 aromatic heterocycles. The van der Waals surface area contributed by atoms with Crippen LogP contribution >= 0.6 is 0 Å². The van der Waals surface area contributed by atoms with Gasteiger partial charge in [-0.25, -0.2) is 0 Å². The van der Waals surface area contributed by atoms with E-state index in [4.69, 9.17) is 10.2 Å². The fourth-order valence-electron chi connectivity index (χ4n) is 2.96. The normalized spacial score (nSPS) is 16.2. The Labute approximate surface area is 114 Å². The van der Waals surface area contributed by atoms with Crippen LogP contribution < -0.4 is 10.6 Å². The molecular weight excluding hydrogens is 236 g/mol. The van der Waals surface area contributed by atoms with E-state index in [9.17, 15) is 0 Å². The Bertz CT molecular complexity index is 548. The smallest absolute Gasteiger partial charge is 0.127 e. The van der Waals surface area contributed by atoms with Crippen LogP contribution in [0.3, 0.4) is 0 Å². The summed E-state index contributed by atoms with van der Waals surface area (Å²) in [5.41, 5.74) is 10.0. The molecular formula is C16H20N2O. The van der Waals surface area contributed by atoms with E-state index in [2.05, 4.69) is 30.0 Å². The van der Waals surface area contributed by atoms with Crippen molar-refractivity contribution in [2.24, 2.45) is 5.73 Å². The molecule has 3 rings (SSSR count). The minimum Gasteiger partial charge on any atom is -0.467 e. The summed E-state index contributed by atoms with van der Waals surface area (Å²) in [6.45, 7) is 3.76. The van der Waals surface area contributed by atoms with Crippen molar-refractivity contribution in [3.05, 3.63) is 53.5 Å². The number of aryl methyl sites for hydroxylation is 2. The van der Waals surface area contributed by atoms with E-state index in [1.165, 1.54) is 23.2 Å².